The van der Waals surface area contributed by atoms with Crippen LogP contribution in [0, 0.1) is 0 Å². The van der Waals surface area contributed by atoms with Crippen LogP contribution in [0.5, 0.6) is 0 Å². The second kappa shape index (κ2) is 4.93. The fourth-order valence-corrected chi connectivity index (χ4v) is 1.37. The zero-order valence-electron chi connectivity index (χ0n) is 9.21. The SMILES string of the molecule is CCC(C)(CCN)NC(=O)c1ccn[nH]1. The maximum Gasteiger partial charge on any atom is 0.269 e. The summed E-state index contributed by atoms with van der Waals surface area (Å²) < 4.78 is 0. The Morgan fingerprint density at radius 3 is 2.93 bits per heavy atom. The number of aromatic nitrogens is 2. The fraction of sp³-hybridized carbons (Fsp3) is 0.600. The lowest BCUT2D eigenvalue weighted by atomic mass is 9.94. The topological polar surface area (TPSA) is 83.8 Å². The van der Waals surface area contributed by atoms with E-state index in [9.17, 15) is 4.79 Å². The van der Waals surface area contributed by atoms with E-state index in [1.165, 1.54) is 0 Å². The van der Waals surface area contributed by atoms with E-state index in [4.69, 9.17) is 5.73 Å². The van der Waals surface area contributed by atoms with E-state index >= 15 is 0 Å². The molecule has 0 saturated heterocycles. The Labute approximate surface area is 89.4 Å². The number of carbonyl (C=O) groups excluding carboxylic acids is 1. The van der Waals surface area contributed by atoms with Crippen LogP contribution in [0.4, 0.5) is 0 Å². The minimum absolute atomic E-state index is 0.134. The standard InChI is InChI=1S/C10H18N4O/c1-3-10(2,5-6-11)13-9(15)8-4-7-12-14-8/h4,7H,3,5-6,11H2,1-2H3,(H,12,14)(H,13,15). The molecule has 1 aromatic rings. The third-order valence-corrected chi connectivity index (χ3v) is 2.64. The molecule has 5 nitrogen and oxygen atoms in total. The number of nitrogens with zero attached hydrogens (tertiary/aromatic N) is 1. The van der Waals surface area contributed by atoms with Gasteiger partial charge in [-0.3, -0.25) is 9.89 Å². The van der Waals surface area contributed by atoms with Crippen LogP contribution in [0.15, 0.2) is 12.3 Å². The summed E-state index contributed by atoms with van der Waals surface area (Å²) in [4.78, 5) is 11.7. The van der Waals surface area contributed by atoms with E-state index in [1.807, 2.05) is 13.8 Å². The highest BCUT2D eigenvalue weighted by Gasteiger charge is 2.24. The first-order chi connectivity index (χ1) is 7.11. The van der Waals surface area contributed by atoms with Gasteiger partial charge in [0.2, 0.25) is 0 Å². The number of carbonyl (C=O) groups is 1. The molecule has 0 radical (unpaired) electrons. The van der Waals surface area contributed by atoms with Crippen molar-refractivity contribution >= 4 is 5.91 Å². The lowest BCUT2D eigenvalue weighted by Gasteiger charge is -2.28. The molecule has 1 aromatic heterocycles. The number of H-pyrrole nitrogens is 1. The van der Waals surface area contributed by atoms with Crippen molar-refractivity contribution in [2.75, 3.05) is 6.54 Å². The number of aromatic amines is 1. The third-order valence-electron chi connectivity index (χ3n) is 2.64. The molecule has 84 valence electrons. The van der Waals surface area contributed by atoms with Gasteiger partial charge in [-0.25, -0.2) is 0 Å². The average Bonchev–Trinajstić information content (AvgIpc) is 2.71. The zero-order chi connectivity index (χ0) is 11.3. The summed E-state index contributed by atoms with van der Waals surface area (Å²) in [5.41, 5.74) is 5.75. The molecule has 1 unspecified atom stereocenters. The zero-order valence-corrected chi connectivity index (χ0v) is 9.21. The van der Waals surface area contributed by atoms with Crippen molar-refractivity contribution in [3.05, 3.63) is 18.0 Å². The Hall–Kier alpha value is -1.36. The van der Waals surface area contributed by atoms with Crippen molar-refractivity contribution in [1.82, 2.24) is 15.5 Å². The van der Waals surface area contributed by atoms with Crippen molar-refractivity contribution in [2.24, 2.45) is 5.73 Å². The van der Waals surface area contributed by atoms with E-state index in [2.05, 4.69) is 15.5 Å². The smallest absolute Gasteiger partial charge is 0.269 e. The van der Waals surface area contributed by atoms with E-state index in [0.29, 0.717) is 12.2 Å². The van der Waals surface area contributed by atoms with Crippen molar-refractivity contribution in [3.63, 3.8) is 0 Å². The highest BCUT2D eigenvalue weighted by atomic mass is 16.2. The highest BCUT2D eigenvalue weighted by Crippen LogP contribution is 2.13. The van der Waals surface area contributed by atoms with Gasteiger partial charge in [0.15, 0.2) is 0 Å². The van der Waals surface area contributed by atoms with E-state index in [0.717, 1.165) is 12.8 Å². The van der Waals surface area contributed by atoms with Crippen LogP contribution in [-0.2, 0) is 0 Å². The molecular formula is C10H18N4O. The molecule has 0 aliphatic carbocycles. The molecule has 5 heteroatoms. The van der Waals surface area contributed by atoms with Gasteiger partial charge in [-0.1, -0.05) is 6.92 Å². The third kappa shape index (κ3) is 3.06. The predicted molar refractivity (Wildman–Crippen MR) is 58.4 cm³/mol. The molecule has 0 saturated carbocycles. The normalized spacial score (nSPS) is 14.6. The van der Waals surface area contributed by atoms with Gasteiger partial charge < -0.3 is 11.1 Å². The first kappa shape index (κ1) is 11.7. The second-order valence-electron chi connectivity index (χ2n) is 3.88. The van der Waals surface area contributed by atoms with Gasteiger partial charge in [-0.2, -0.15) is 5.10 Å². The molecule has 1 rings (SSSR count). The molecule has 0 aromatic carbocycles. The van der Waals surface area contributed by atoms with Crippen molar-refractivity contribution in [3.8, 4) is 0 Å². The molecule has 1 heterocycles. The molecule has 0 aliphatic heterocycles. The predicted octanol–water partition coefficient (Wildman–Crippen LogP) is 0.657. The molecule has 15 heavy (non-hydrogen) atoms. The largest absolute Gasteiger partial charge is 0.346 e. The first-order valence-corrected chi connectivity index (χ1v) is 5.13. The Balaban J connectivity index is 2.63. The Bertz CT molecular complexity index is 309. The second-order valence-corrected chi connectivity index (χ2v) is 3.88. The minimum atomic E-state index is -0.239. The summed E-state index contributed by atoms with van der Waals surface area (Å²) in [5.74, 6) is -0.134. The lowest BCUT2D eigenvalue weighted by Crippen LogP contribution is -2.46. The van der Waals surface area contributed by atoms with Gasteiger partial charge in [0.05, 0.1) is 0 Å². The maximum atomic E-state index is 11.7. The number of amides is 1. The summed E-state index contributed by atoms with van der Waals surface area (Å²) in [5, 5.41) is 9.32. The lowest BCUT2D eigenvalue weighted by molar-refractivity contribution is 0.0894. The van der Waals surface area contributed by atoms with Crippen LogP contribution < -0.4 is 11.1 Å². The van der Waals surface area contributed by atoms with Crippen molar-refractivity contribution in [2.45, 2.75) is 32.2 Å². The molecule has 0 bridgehead atoms. The van der Waals surface area contributed by atoms with Crippen LogP contribution in [0.25, 0.3) is 0 Å². The molecule has 0 spiro atoms. The summed E-state index contributed by atoms with van der Waals surface area (Å²) in [6.45, 7) is 4.59. The van der Waals surface area contributed by atoms with Gasteiger partial charge >= 0.3 is 0 Å². The van der Waals surface area contributed by atoms with E-state index < -0.39 is 0 Å². The van der Waals surface area contributed by atoms with Gasteiger partial charge in [0, 0.05) is 11.7 Å². The number of rotatable bonds is 5. The molecular weight excluding hydrogens is 192 g/mol. The van der Waals surface area contributed by atoms with Crippen molar-refractivity contribution in [1.29, 1.82) is 0 Å². The maximum absolute atomic E-state index is 11.7. The van der Waals surface area contributed by atoms with Gasteiger partial charge in [0.1, 0.15) is 5.69 Å². The number of nitrogens with one attached hydrogen (secondary N) is 2. The van der Waals surface area contributed by atoms with Crippen LogP contribution in [0.2, 0.25) is 0 Å². The van der Waals surface area contributed by atoms with Crippen LogP contribution in [0.3, 0.4) is 0 Å². The highest BCUT2D eigenvalue weighted by molar-refractivity contribution is 5.92. The van der Waals surface area contributed by atoms with Gasteiger partial charge in [-0.05, 0) is 32.4 Å². The molecule has 1 amide bonds. The Morgan fingerprint density at radius 2 is 2.47 bits per heavy atom. The van der Waals surface area contributed by atoms with Crippen LogP contribution in [-0.4, -0.2) is 28.2 Å². The number of hydrogen-bond donors (Lipinski definition) is 3. The molecule has 1 atom stereocenters. The van der Waals surface area contributed by atoms with Gasteiger partial charge in [-0.15, -0.1) is 0 Å². The average molecular weight is 210 g/mol. The number of nitrogens with two attached hydrogens (primary N) is 1. The number of hydrogen-bond acceptors (Lipinski definition) is 3. The summed E-state index contributed by atoms with van der Waals surface area (Å²) in [6.07, 6.45) is 3.18. The molecule has 0 fully saturated rings. The minimum Gasteiger partial charge on any atom is -0.346 e. The quantitative estimate of drug-likeness (QED) is 0.667. The summed E-state index contributed by atoms with van der Waals surface area (Å²) in [6, 6.07) is 1.65. The first-order valence-electron chi connectivity index (χ1n) is 5.13. The van der Waals surface area contributed by atoms with Gasteiger partial charge in [0.25, 0.3) is 5.91 Å². The van der Waals surface area contributed by atoms with Crippen LogP contribution in [0.1, 0.15) is 37.2 Å². The summed E-state index contributed by atoms with van der Waals surface area (Å²) >= 11 is 0. The Morgan fingerprint density at radius 1 is 1.73 bits per heavy atom. The van der Waals surface area contributed by atoms with E-state index in [-0.39, 0.29) is 11.4 Å². The van der Waals surface area contributed by atoms with E-state index in [1.54, 1.807) is 12.3 Å². The fourth-order valence-electron chi connectivity index (χ4n) is 1.37. The summed E-state index contributed by atoms with van der Waals surface area (Å²) in [7, 11) is 0. The van der Waals surface area contributed by atoms with Crippen molar-refractivity contribution < 1.29 is 4.79 Å². The molecule has 4 N–H and O–H groups in total. The molecule has 0 aliphatic rings. The Kier molecular flexibility index (Phi) is 3.85. The monoisotopic (exact) mass is 210 g/mol. The van der Waals surface area contributed by atoms with Crippen LogP contribution >= 0.6 is 0 Å².